The number of hydrogen-bond donors (Lipinski definition) is 1. The van der Waals surface area contributed by atoms with Gasteiger partial charge in [-0.2, -0.15) is 5.26 Å². The van der Waals surface area contributed by atoms with Gasteiger partial charge in [-0.3, -0.25) is 0 Å². The lowest BCUT2D eigenvalue weighted by Gasteiger charge is -2.20. The van der Waals surface area contributed by atoms with Crippen molar-refractivity contribution < 1.29 is 9.90 Å². The minimum absolute atomic E-state index is 0.208. The van der Waals surface area contributed by atoms with Gasteiger partial charge in [0.05, 0.1) is 0 Å². The molecule has 1 saturated heterocycles. The molecule has 0 radical (unpaired) electrons. The monoisotopic (exact) mass is 339 g/mol. The second kappa shape index (κ2) is 5.60. The number of thiophene rings is 1. The Kier molecular flexibility index (Phi) is 3.54. The van der Waals surface area contributed by atoms with Gasteiger partial charge in [0.25, 0.3) is 0 Å². The van der Waals surface area contributed by atoms with Crippen molar-refractivity contribution in [1.82, 2.24) is 4.98 Å². The van der Waals surface area contributed by atoms with Gasteiger partial charge in [-0.25, -0.2) is 9.78 Å². The summed E-state index contributed by atoms with van der Waals surface area (Å²) in [4.78, 5) is 18.9. The average molecular weight is 339 g/mol. The Labute approximate surface area is 144 Å². The molecule has 0 bridgehead atoms. The van der Waals surface area contributed by atoms with E-state index in [0.717, 1.165) is 58.9 Å². The first kappa shape index (κ1) is 15.2. The van der Waals surface area contributed by atoms with E-state index < -0.39 is 5.97 Å². The number of fused-ring (bicyclic) bond motifs is 1. The normalized spacial score (nSPS) is 21.4. The number of carbonyl (C=O) groups is 1. The Balaban J connectivity index is 1.56. The Hall–Kier alpha value is -2.39. The van der Waals surface area contributed by atoms with Crippen LogP contribution in [0.1, 0.15) is 37.8 Å². The summed E-state index contributed by atoms with van der Waals surface area (Å²) in [6.45, 7) is 4.20. The first-order chi connectivity index (χ1) is 11.5. The summed E-state index contributed by atoms with van der Waals surface area (Å²) in [6.07, 6.45) is 1.91. The second-order valence-electron chi connectivity index (χ2n) is 6.63. The number of nitrogens with zero attached hydrogens (tertiary/aromatic N) is 3. The molecule has 2 atom stereocenters. The molecule has 2 aliphatic rings. The molecule has 122 valence electrons. The highest BCUT2D eigenvalue weighted by Crippen LogP contribution is 2.46. The molecule has 3 heterocycles. The Morgan fingerprint density at radius 3 is 2.79 bits per heavy atom. The molecule has 0 spiro atoms. The van der Waals surface area contributed by atoms with Gasteiger partial charge in [-0.15, -0.1) is 11.3 Å². The van der Waals surface area contributed by atoms with Crippen LogP contribution in [-0.4, -0.2) is 29.1 Å². The summed E-state index contributed by atoms with van der Waals surface area (Å²) in [7, 11) is 0. The third kappa shape index (κ3) is 2.65. The van der Waals surface area contributed by atoms with Crippen LogP contribution in [0.5, 0.6) is 0 Å². The molecule has 2 aromatic rings. The third-order valence-corrected chi connectivity index (χ3v) is 6.06. The number of nitriles is 1. The average Bonchev–Trinajstić information content (AvgIpc) is 2.98. The van der Waals surface area contributed by atoms with E-state index in [1.54, 1.807) is 6.07 Å². The summed E-state index contributed by atoms with van der Waals surface area (Å²) in [5, 5.41) is 18.3. The highest BCUT2D eigenvalue weighted by molar-refractivity contribution is 7.14. The molecule has 1 aliphatic carbocycles. The third-order valence-electron chi connectivity index (χ3n) is 4.99. The molecule has 2 aromatic heterocycles. The lowest BCUT2D eigenvalue weighted by atomic mass is 10.0. The smallest absolute Gasteiger partial charge is 0.345 e. The van der Waals surface area contributed by atoms with Gasteiger partial charge in [0.2, 0.25) is 0 Å². The molecule has 6 heteroatoms. The Bertz CT molecular complexity index is 858. The van der Waals surface area contributed by atoms with Crippen LogP contribution >= 0.6 is 11.3 Å². The van der Waals surface area contributed by atoms with Crippen LogP contribution in [0.2, 0.25) is 0 Å². The molecule has 0 aromatic carbocycles. The number of carboxylic acids is 1. The molecule has 2 unspecified atom stereocenters. The van der Waals surface area contributed by atoms with Crippen LogP contribution in [0.15, 0.2) is 18.2 Å². The zero-order valence-corrected chi connectivity index (χ0v) is 14.1. The molecule has 0 amide bonds. The molecule has 24 heavy (non-hydrogen) atoms. The number of carboxylic acid groups (broad SMARTS) is 1. The predicted molar refractivity (Wildman–Crippen MR) is 91.6 cm³/mol. The van der Waals surface area contributed by atoms with Crippen LogP contribution in [-0.2, 0) is 6.42 Å². The maximum absolute atomic E-state index is 11.1. The molecular formula is C18H17N3O2S. The number of hydrogen-bond acceptors (Lipinski definition) is 5. The van der Waals surface area contributed by atoms with Crippen molar-refractivity contribution in [1.29, 1.82) is 5.26 Å². The maximum Gasteiger partial charge on any atom is 0.345 e. The fourth-order valence-electron chi connectivity index (χ4n) is 3.49. The number of rotatable bonds is 4. The number of aryl methyl sites for hydroxylation is 1. The zero-order valence-electron chi connectivity index (χ0n) is 13.3. The van der Waals surface area contributed by atoms with Crippen LogP contribution < -0.4 is 4.90 Å². The standard InChI is InChI=1S/C18H17N3O2S/c1-10-11(4-12-6-15(18(22)23)24-16(12)7-19)2-3-17(20-10)21-8-13-5-14(13)9-21/h2-3,6,13-14H,4-5,8-9H2,1H3,(H,22,23). The van der Waals surface area contributed by atoms with Crippen molar-refractivity contribution in [3.63, 3.8) is 0 Å². The first-order valence-corrected chi connectivity index (χ1v) is 8.84. The summed E-state index contributed by atoms with van der Waals surface area (Å²) in [5.41, 5.74) is 2.74. The molecule has 4 rings (SSSR count). The van der Waals surface area contributed by atoms with Crippen molar-refractivity contribution in [2.45, 2.75) is 19.8 Å². The summed E-state index contributed by atoms with van der Waals surface area (Å²) >= 11 is 1.03. The maximum atomic E-state index is 11.1. The molecule has 1 saturated carbocycles. The first-order valence-electron chi connectivity index (χ1n) is 8.02. The van der Waals surface area contributed by atoms with Crippen molar-refractivity contribution in [2.24, 2.45) is 11.8 Å². The van der Waals surface area contributed by atoms with Crippen LogP contribution in [0.3, 0.4) is 0 Å². The van der Waals surface area contributed by atoms with E-state index in [-0.39, 0.29) is 4.88 Å². The van der Waals surface area contributed by atoms with Crippen molar-refractivity contribution in [3.8, 4) is 6.07 Å². The van der Waals surface area contributed by atoms with Gasteiger partial charge in [0, 0.05) is 25.2 Å². The fourth-order valence-corrected chi connectivity index (χ4v) is 4.31. The zero-order chi connectivity index (χ0) is 16.8. The number of piperidine rings is 1. The quantitative estimate of drug-likeness (QED) is 0.926. The van der Waals surface area contributed by atoms with E-state index in [1.807, 2.05) is 13.0 Å². The van der Waals surface area contributed by atoms with Gasteiger partial charge >= 0.3 is 5.97 Å². The summed E-state index contributed by atoms with van der Waals surface area (Å²) < 4.78 is 0. The lowest BCUT2D eigenvalue weighted by molar-refractivity contribution is 0.0702. The van der Waals surface area contributed by atoms with E-state index >= 15 is 0 Å². The number of pyridine rings is 1. The van der Waals surface area contributed by atoms with Crippen LogP contribution in [0.25, 0.3) is 0 Å². The van der Waals surface area contributed by atoms with Gasteiger partial charge in [-0.05, 0) is 48.4 Å². The highest BCUT2D eigenvalue weighted by Gasteiger charge is 2.45. The highest BCUT2D eigenvalue weighted by atomic mass is 32.1. The van der Waals surface area contributed by atoms with Gasteiger partial charge in [0.1, 0.15) is 21.6 Å². The van der Waals surface area contributed by atoms with E-state index in [1.165, 1.54) is 6.42 Å². The lowest BCUT2D eigenvalue weighted by Crippen LogP contribution is -2.23. The summed E-state index contributed by atoms with van der Waals surface area (Å²) in [6, 6.07) is 7.81. The predicted octanol–water partition coefficient (Wildman–Crippen LogP) is 3.07. The minimum Gasteiger partial charge on any atom is -0.477 e. The molecule has 1 N–H and O–H groups in total. The molecule has 2 fully saturated rings. The number of aromatic nitrogens is 1. The number of aromatic carboxylic acids is 1. The van der Waals surface area contributed by atoms with E-state index in [0.29, 0.717) is 11.3 Å². The van der Waals surface area contributed by atoms with Gasteiger partial charge < -0.3 is 10.0 Å². The molecule has 5 nitrogen and oxygen atoms in total. The minimum atomic E-state index is -0.986. The van der Waals surface area contributed by atoms with E-state index in [2.05, 4.69) is 17.0 Å². The molecule has 1 aliphatic heterocycles. The van der Waals surface area contributed by atoms with E-state index in [9.17, 15) is 10.1 Å². The van der Waals surface area contributed by atoms with Crippen LogP contribution in [0.4, 0.5) is 5.82 Å². The molecular weight excluding hydrogens is 322 g/mol. The van der Waals surface area contributed by atoms with Crippen molar-refractivity contribution in [2.75, 3.05) is 18.0 Å². The number of anilines is 1. The Morgan fingerprint density at radius 1 is 1.42 bits per heavy atom. The van der Waals surface area contributed by atoms with Gasteiger partial charge in [0.15, 0.2) is 0 Å². The fraction of sp³-hybridized carbons (Fsp3) is 0.389. The van der Waals surface area contributed by atoms with Crippen molar-refractivity contribution >= 4 is 23.1 Å². The Morgan fingerprint density at radius 2 is 2.17 bits per heavy atom. The topological polar surface area (TPSA) is 77.2 Å². The second-order valence-corrected chi connectivity index (χ2v) is 7.69. The van der Waals surface area contributed by atoms with E-state index in [4.69, 9.17) is 10.1 Å². The van der Waals surface area contributed by atoms with Crippen molar-refractivity contribution in [3.05, 3.63) is 44.8 Å². The largest absolute Gasteiger partial charge is 0.477 e. The SMILES string of the molecule is Cc1nc(N2CC3CC3C2)ccc1Cc1cc(C(=O)O)sc1C#N. The summed E-state index contributed by atoms with van der Waals surface area (Å²) in [5.74, 6) is 1.77. The van der Waals surface area contributed by atoms with Gasteiger partial charge in [-0.1, -0.05) is 6.07 Å². The van der Waals surface area contributed by atoms with Crippen LogP contribution in [0, 0.1) is 30.1 Å².